The third-order valence-electron chi connectivity index (χ3n) is 3.85. The van der Waals surface area contributed by atoms with Crippen LogP contribution >= 0.6 is 12.2 Å². The van der Waals surface area contributed by atoms with Crippen LogP contribution in [0.4, 0.5) is 0 Å². The zero-order valence-corrected chi connectivity index (χ0v) is 16.3. The number of carbonyl (C=O) groups excluding carboxylic acids is 1. The number of methoxy groups -OCH3 is 2. The van der Waals surface area contributed by atoms with Crippen LogP contribution in [-0.2, 0) is 0 Å². The molecule has 1 atom stereocenters. The van der Waals surface area contributed by atoms with Gasteiger partial charge in [0.25, 0.3) is 5.91 Å². The average molecular weight is 368 g/mol. The van der Waals surface area contributed by atoms with Crippen LogP contribution in [0.5, 0.6) is 11.5 Å². The maximum absolute atomic E-state index is 12.3. The summed E-state index contributed by atoms with van der Waals surface area (Å²) < 4.78 is 10.3. The number of rotatable bonds is 9. The van der Waals surface area contributed by atoms with Gasteiger partial charge in [-0.2, -0.15) is 0 Å². The SMILES string of the molecule is CCCCC[C@@H](C)CNC(=S)NNC(=O)c1ccc(OC)cc1OC. The Morgan fingerprint density at radius 3 is 2.60 bits per heavy atom. The van der Waals surface area contributed by atoms with Gasteiger partial charge >= 0.3 is 0 Å². The highest BCUT2D eigenvalue weighted by Gasteiger charge is 2.13. The number of hydrazine groups is 1. The summed E-state index contributed by atoms with van der Waals surface area (Å²) in [7, 11) is 3.06. The van der Waals surface area contributed by atoms with Crippen molar-refractivity contribution in [2.24, 2.45) is 5.92 Å². The molecular formula is C18H29N3O3S. The number of benzene rings is 1. The van der Waals surface area contributed by atoms with Gasteiger partial charge in [0, 0.05) is 12.6 Å². The smallest absolute Gasteiger partial charge is 0.273 e. The third kappa shape index (κ3) is 7.60. The van der Waals surface area contributed by atoms with E-state index in [9.17, 15) is 4.79 Å². The first-order valence-corrected chi connectivity index (χ1v) is 8.98. The van der Waals surface area contributed by atoms with Crippen LogP contribution in [0.2, 0.25) is 0 Å². The van der Waals surface area contributed by atoms with Crippen molar-refractivity contribution in [3.63, 3.8) is 0 Å². The molecule has 1 rings (SSSR count). The molecule has 0 radical (unpaired) electrons. The average Bonchev–Trinajstić information content (AvgIpc) is 2.63. The van der Waals surface area contributed by atoms with Gasteiger partial charge in [-0.25, -0.2) is 0 Å². The van der Waals surface area contributed by atoms with E-state index in [2.05, 4.69) is 30.0 Å². The van der Waals surface area contributed by atoms with Crippen molar-refractivity contribution in [3.8, 4) is 11.5 Å². The van der Waals surface area contributed by atoms with Gasteiger partial charge < -0.3 is 14.8 Å². The zero-order valence-electron chi connectivity index (χ0n) is 15.5. The van der Waals surface area contributed by atoms with Crippen molar-refractivity contribution in [1.29, 1.82) is 0 Å². The molecule has 0 fully saturated rings. The first-order chi connectivity index (χ1) is 12.0. The summed E-state index contributed by atoms with van der Waals surface area (Å²) in [6.45, 7) is 5.16. The number of unbranched alkanes of at least 4 members (excludes halogenated alkanes) is 2. The Hall–Kier alpha value is -2.02. The molecule has 1 amide bonds. The largest absolute Gasteiger partial charge is 0.497 e. The minimum Gasteiger partial charge on any atom is -0.497 e. The highest BCUT2D eigenvalue weighted by atomic mass is 32.1. The van der Waals surface area contributed by atoms with Crippen molar-refractivity contribution >= 4 is 23.2 Å². The Kier molecular flexibility index (Phi) is 9.69. The Labute approximate surface area is 155 Å². The van der Waals surface area contributed by atoms with E-state index in [1.807, 2.05) is 0 Å². The van der Waals surface area contributed by atoms with Crippen LogP contribution in [0.15, 0.2) is 18.2 Å². The summed E-state index contributed by atoms with van der Waals surface area (Å²) in [6.07, 6.45) is 4.88. The number of hydrogen-bond acceptors (Lipinski definition) is 4. The van der Waals surface area contributed by atoms with Crippen molar-refractivity contribution in [1.82, 2.24) is 16.2 Å². The second-order valence-electron chi connectivity index (χ2n) is 5.96. The summed E-state index contributed by atoms with van der Waals surface area (Å²) in [5, 5.41) is 3.51. The minimum atomic E-state index is -0.334. The monoisotopic (exact) mass is 367 g/mol. The van der Waals surface area contributed by atoms with Crippen LogP contribution in [-0.4, -0.2) is 31.8 Å². The summed E-state index contributed by atoms with van der Waals surface area (Å²) in [5.74, 6) is 1.25. The summed E-state index contributed by atoms with van der Waals surface area (Å²) in [4.78, 5) is 12.3. The van der Waals surface area contributed by atoms with E-state index in [-0.39, 0.29) is 5.91 Å². The molecule has 0 bridgehead atoms. The number of carbonyl (C=O) groups is 1. The highest BCUT2D eigenvalue weighted by molar-refractivity contribution is 7.80. The van der Waals surface area contributed by atoms with Gasteiger partial charge in [-0.15, -0.1) is 0 Å². The fourth-order valence-corrected chi connectivity index (χ4v) is 2.46. The molecule has 140 valence electrons. The molecule has 3 N–H and O–H groups in total. The third-order valence-corrected chi connectivity index (χ3v) is 4.10. The molecule has 6 nitrogen and oxygen atoms in total. The Bertz CT molecular complexity index is 566. The number of amides is 1. The van der Waals surface area contributed by atoms with Crippen LogP contribution in [0.25, 0.3) is 0 Å². The molecule has 0 aliphatic carbocycles. The van der Waals surface area contributed by atoms with E-state index in [0.29, 0.717) is 28.1 Å². The molecule has 0 aliphatic heterocycles. The molecule has 1 aromatic rings. The van der Waals surface area contributed by atoms with Gasteiger partial charge in [0.15, 0.2) is 5.11 Å². The van der Waals surface area contributed by atoms with Crippen molar-refractivity contribution in [2.75, 3.05) is 20.8 Å². The number of thiocarbonyl (C=S) groups is 1. The lowest BCUT2D eigenvalue weighted by Crippen LogP contribution is -2.47. The first kappa shape index (κ1) is 21.0. The Balaban J connectivity index is 2.42. The molecule has 0 heterocycles. The molecule has 25 heavy (non-hydrogen) atoms. The van der Waals surface area contributed by atoms with E-state index in [1.165, 1.54) is 32.8 Å². The van der Waals surface area contributed by atoms with E-state index < -0.39 is 0 Å². The van der Waals surface area contributed by atoms with E-state index in [1.54, 1.807) is 25.3 Å². The van der Waals surface area contributed by atoms with Gasteiger partial charge in [0.05, 0.1) is 19.8 Å². The molecule has 7 heteroatoms. The zero-order chi connectivity index (χ0) is 18.7. The van der Waals surface area contributed by atoms with Crippen molar-refractivity contribution in [2.45, 2.75) is 39.5 Å². The van der Waals surface area contributed by atoms with Crippen LogP contribution < -0.4 is 25.6 Å². The number of ether oxygens (including phenoxy) is 2. The second-order valence-corrected chi connectivity index (χ2v) is 6.36. The predicted octanol–water partition coefficient (Wildman–Crippen LogP) is 3.03. The van der Waals surface area contributed by atoms with E-state index in [4.69, 9.17) is 21.7 Å². The van der Waals surface area contributed by atoms with Crippen molar-refractivity contribution < 1.29 is 14.3 Å². The molecule has 0 saturated carbocycles. The molecule has 0 saturated heterocycles. The normalized spacial score (nSPS) is 11.4. The molecule has 1 aromatic carbocycles. The fraction of sp³-hybridized carbons (Fsp3) is 0.556. The fourth-order valence-electron chi connectivity index (χ4n) is 2.32. The lowest BCUT2D eigenvalue weighted by Gasteiger charge is -2.16. The maximum Gasteiger partial charge on any atom is 0.273 e. The quantitative estimate of drug-likeness (QED) is 0.354. The first-order valence-electron chi connectivity index (χ1n) is 8.58. The standard InChI is InChI=1S/C18H29N3O3S/c1-5-6-7-8-13(2)12-19-18(25)21-20-17(22)15-10-9-14(23-3)11-16(15)24-4/h9-11,13H,5-8,12H2,1-4H3,(H,20,22)(H2,19,21,25)/t13-/m1/s1. The van der Waals surface area contributed by atoms with Crippen LogP contribution in [0, 0.1) is 5.92 Å². The second kappa shape index (κ2) is 11.5. The highest BCUT2D eigenvalue weighted by Crippen LogP contribution is 2.24. The van der Waals surface area contributed by atoms with Crippen molar-refractivity contribution in [3.05, 3.63) is 23.8 Å². The molecule has 0 spiro atoms. The Morgan fingerprint density at radius 1 is 1.20 bits per heavy atom. The molecule has 0 aromatic heterocycles. The number of nitrogens with one attached hydrogen (secondary N) is 3. The summed E-state index contributed by atoms with van der Waals surface area (Å²) >= 11 is 5.19. The molecular weight excluding hydrogens is 338 g/mol. The van der Waals surface area contributed by atoms with Crippen LogP contribution in [0.1, 0.15) is 49.9 Å². The summed E-state index contributed by atoms with van der Waals surface area (Å²) in [5.41, 5.74) is 5.69. The predicted molar refractivity (Wildman–Crippen MR) is 104 cm³/mol. The Morgan fingerprint density at radius 2 is 1.96 bits per heavy atom. The van der Waals surface area contributed by atoms with E-state index in [0.717, 1.165) is 6.54 Å². The van der Waals surface area contributed by atoms with Gasteiger partial charge in [-0.05, 0) is 36.7 Å². The van der Waals surface area contributed by atoms with E-state index >= 15 is 0 Å². The lowest BCUT2D eigenvalue weighted by atomic mass is 10.0. The van der Waals surface area contributed by atoms with Gasteiger partial charge in [-0.1, -0.05) is 33.1 Å². The minimum absolute atomic E-state index is 0.334. The van der Waals surface area contributed by atoms with Gasteiger partial charge in [0.2, 0.25) is 0 Å². The van der Waals surface area contributed by atoms with Gasteiger partial charge in [-0.3, -0.25) is 15.6 Å². The van der Waals surface area contributed by atoms with Gasteiger partial charge in [0.1, 0.15) is 11.5 Å². The summed E-state index contributed by atoms with van der Waals surface area (Å²) in [6, 6.07) is 5.00. The topological polar surface area (TPSA) is 71.6 Å². The molecule has 0 aliphatic rings. The van der Waals surface area contributed by atoms with Crippen LogP contribution in [0.3, 0.4) is 0 Å². The number of hydrogen-bond donors (Lipinski definition) is 3. The lowest BCUT2D eigenvalue weighted by molar-refractivity contribution is 0.0940. The molecule has 0 unspecified atom stereocenters. The maximum atomic E-state index is 12.3.